The average Bonchev–Trinajstić information content (AvgIpc) is 3.73. The van der Waals surface area contributed by atoms with Crippen molar-refractivity contribution in [3.63, 3.8) is 0 Å². The minimum atomic E-state index is -0.891. The number of aliphatic hydroxyl groups is 1. The van der Waals surface area contributed by atoms with Crippen LogP contribution in [0, 0.1) is 0 Å². The van der Waals surface area contributed by atoms with Crippen molar-refractivity contribution < 1.29 is 19.7 Å². The first kappa shape index (κ1) is 26.2. The number of carboxylic acids is 1. The number of nitrogens with zero attached hydrogens (tertiary/aromatic N) is 1. The van der Waals surface area contributed by atoms with Crippen molar-refractivity contribution in [1.29, 1.82) is 0 Å². The van der Waals surface area contributed by atoms with E-state index in [9.17, 15) is 15.0 Å². The SMILES string of the molecule is O=C(O)c1ccc(CN2CCC[C@H](O[C@H](CO)c3cc(Cl)cc(Cl)c3)[C@@H]2c2ccccc2)c(C2CC2)c1. The second-order valence-electron chi connectivity index (χ2n) is 10.0. The summed E-state index contributed by atoms with van der Waals surface area (Å²) >= 11 is 12.5. The van der Waals surface area contributed by atoms with Gasteiger partial charge in [0.1, 0.15) is 6.10 Å². The molecule has 1 aliphatic carbocycles. The summed E-state index contributed by atoms with van der Waals surface area (Å²) in [5, 5.41) is 20.8. The topological polar surface area (TPSA) is 70.0 Å². The summed E-state index contributed by atoms with van der Waals surface area (Å²) in [5.41, 5.74) is 4.58. The van der Waals surface area contributed by atoms with Gasteiger partial charge in [0.2, 0.25) is 0 Å². The molecular weight excluding hydrogens is 509 g/mol. The molecule has 1 saturated heterocycles. The highest BCUT2D eigenvalue weighted by atomic mass is 35.5. The molecule has 37 heavy (non-hydrogen) atoms. The number of benzene rings is 3. The van der Waals surface area contributed by atoms with Crippen LogP contribution in [0.4, 0.5) is 0 Å². The molecule has 3 aromatic rings. The maximum atomic E-state index is 11.6. The molecule has 3 aromatic carbocycles. The Morgan fingerprint density at radius 1 is 1.00 bits per heavy atom. The Morgan fingerprint density at radius 2 is 1.73 bits per heavy atom. The molecule has 194 valence electrons. The molecule has 2 N–H and O–H groups in total. The van der Waals surface area contributed by atoms with Crippen LogP contribution < -0.4 is 0 Å². The van der Waals surface area contributed by atoms with Gasteiger partial charge in [-0.2, -0.15) is 0 Å². The van der Waals surface area contributed by atoms with Gasteiger partial charge in [0.25, 0.3) is 0 Å². The maximum Gasteiger partial charge on any atom is 0.335 e. The summed E-state index contributed by atoms with van der Waals surface area (Å²) in [6.07, 6.45) is 3.30. The Kier molecular flexibility index (Phi) is 8.18. The zero-order valence-electron chi connectivity index (χ0n) is 20.5. The molecule has 1 aliphatic heterocycles. The van der Waals surface area contributed by atoms with Gasteiger partial charge in [0.15, 0.2) is 0 Å². The van der Waals surface area contributed by atoms with E-state index in [2.05, 4.69) is 17.0 Å². The maximum absolute atomic E-state index is 11.6. The largest absolute Gasteiger partial charge is 0.478 e. The van der Waals surface area contributed by atoms with Crippen LogP contribution in [0.5, 0.6) is 0 Å². The third kappa shape index (κ3) is 6.19. The Labute approximate surface area is 227 Å². The lowest BCUT2D eigenvalue weighted by atomic mass is 9.90. The van der Waals surface area contributed by atoms with Crippen molar-refractivity contribution in [2.75, 3.05) is 13.2 Å². The van der Waals surface area contributed by atoms with Crippen LogP contribution in [-0.4, -0.2) is 40.3 Å². The predicted octanol–water partition coefficient (Wildman–Crippen LogP) is 7.02. The van der Waals surface area contributed by atoms with Gasteiger partial charge in [-0.3, -0.25) is 4.90 Å². The molecule has 0 spiro atoms. The molecular formula is C30H31Cl2NO4. The van der Waals surface area contributed by atoms with Gasteiger partial charge in [0.05, 0.1) is 24.3 Å². The summed E-state index contributed by atoms with van der Waals surface area (Å²) in [6.45, 7) is 1.42. The molecule has 0 aromatic heterocycles. The van der Waals surface area contributed by atoms with Crippen LogP contribution >= 0.6 is 23.2 Å². The highest BCUT2D eigenvalue weighted by Gasteiger charge is 2.36. The van der Waals surface area contributed by atoms with Gasteiger partial charge in [-0.1, -0.05) is 59.6 Å². The van der Waals surface area contributed by atoms with Gasteiger partial charge in [0, 0.05) is 16.6 Å². The first-order valence-corrected chi connectivity index (χ1v) is 13.6. The van der Waals surface area contributed by atoms with E-state index in [-0.39, 0.29) is 18.8 Å². The normalized spacial score (nSPS) is 21.1. The number of carbonyl (C=O) groups is 1. The highest BCUT2D eigenvalue weighted by Crippen LogP contribution is 2.44. The minimum Gasteiger partial charge on any atom is -0.478 e. The van der Waals surface area contributed by atoms with Crippen molar-refractivity contribution in [2.24, 2.45) is 0 Å². The second kappa shape index (κ2) is 11.5. The van der Waals surface area contributed by atoms with Gasteiger partial charge >= 0.3 is 5.97 Å². The molecule has 1 heterocycles. The van der Waals surface area contributed by atoms with E-state index in [1.807, 2.05) is 30.3 Å². The summed E-state index contributed by atoms with van der Waals surface area (Å²) < 4.78 is 6.63. The monoisotopic (exact) mass is 539 g/mol. The first-order valence-electron chi connectivity index (χ1n) is 12.8. The molecule has 0 bridgehead atoms. The second-order valence-corrected chi connectivity index (χ2v) is 10.9. The van der Waals surface area contributed by atoms with Crippen molar-refractivity contribution in [2.45, 2.75) is 56.4 Å². The number of hydrogen-bond acceptors (Lipinski definition) is 4. The summed E-state index contributed by atoms with van der Waals surface area (Å²) in [5.74, 6) is -0.453. The van der Waals surface area contributed by atoms with Crippen molar-refractivity contribution in [1.82, 2.24) is 4.90 Å². The van der Waals surface area contributed by atoms with Gasteiger partial charge in [-0.05, 0) is 90.7 Å². The van der Waals surface area contributed by atoms with Crippen LogP contribution in [-0.2, 0) is 11.3 Å². The minimum absolute atomic E-state index is 0.0233. The van der Waals surface area contributed by atoms with E-state index in [0.29, 0.717) is 28.1 Å². The van der Waals surface area contributed by atoms with E-state index < -0.39 is 12.1 Å². The number of ether oxygens (including phenoxy) is 1. The first-order chi connectivity index (χ1) is 17.9. The van der Waals surface area contributed by atoms with E-state index in [1.165, 1.54) is 5.56 Å². The number of hydrogen-bond donors (Lipinski definition) is 2. The van der Waals surface area contributed by atoms with E-state index >= 15 is 0 Å². The lowest BCUT2D eigenvalue weighted by molar-refractivity contribution is -0.100. The van der Waals surface area contributed by atoms with Crippen LogP contribution in [0.3, 0.4) is 0 Å². The molecule has 1 saturated carbocycles. The summed E-state index contributed by atoms with van der Waals surface area (Å²) in [4.78, 5) is 14.0. The molecule has 0 unspecified atom stereocenters. The molecule has 5 nitrogen and oxygen atoms in total. The number of aliphatic hydroxyl groups excluding tert-OH is 1. The fourth-order valence-electron chi connectivity index (χ4n) is 5.49. The molecule has 0 amide bonds. The Bertz CT molecular complexity index is 1230. The van der Waals surface area contributed by atoms with Gasteiger partial charge < -0.3 is 14.9 Å². The van der Waals surface area contributed by atoms with Crippen LogP contribution in [0.1, 0.15) is 76.4 Å². The van der Waals surface area contributed by atoms with Crippen LogP contribution in [0.2, 0.25) is 10.0 Å². The number of likely N-dealkylation sites (tertiary alicyclic amines) is 1. The predicted molar refractivity (Wildman–Crippen MR) is 145 cm³/mol. The quantitative estimate of drug-likeness (QED) is 0.305. The zero-order chi connectivity index (χ0) is 25.9. The van der Waals surface area contributed by atoms with Gasteiger partial charge in [-0.15, -0.1) is 0 Å². The number of piperidine rings is 1. The standard InChI is InChI=1S/C30H31Cl2NO4/c31-24-13-23(14-25(32)16-24)28(18-34)37-27-7-4-12-33(29(27)20-5-2-1-3-6-20)17-22-11-10-21(30(35)36)15-26(22)19-8-9-19/h1-3,5-6,10-11,13-16,19,27-29,34H,4,7-9,12,17-18H2,(H,35,36)/t27-,28+,29-/m0/s1. The van der Waals surface area contributed by atoms with Gasteiger partial charge in [-0.25, -0.2) is 4.79 Å². The smallest absolute Gasteiger partial charge is 0.335 e. The van der Waals surface area contributed by atoms with E-state index in [1.54, 1.807) is 24.3 Å². The Balaban J connectivity index is 1.45. The Hall–Kier alpha value is -2.41. The molecule has 0 radical (unpaired) electrons. The number of rotatable bonds is 9. The number of aromatic carboxylic acids is 1. The summed E-state index contributed by atoms with van der Waals surface area (Å²) in [6, 6.07) is 21.1. The summed E-state index contributed by atoms with van der Waals surface area (Å²) in [7, 11) is 0. The number of carboxylic acid groups (broad SMARTS) is 1. The number of halogens is 2. The van der Waals surface area contributed by atoms with Crippen molar-refractivity contribution >= 4 is 29.2 Å². The van der Waals surface area contributed by atoms with E-state index in [0.717, 1.165) is 48.9 Å². The molecule has 2 aliphatic rings. The molecule has 7 heteroatoms. The molecule has 2 fully saturated rings. The Morgan fingerprint density at radius 3 is 2.38 bits per heavy atom. The lowest BCUT2D eigenvalue weighted by Crippen LogP contribution is -2.43. The average molecular weight is 540 g/mol. The fourth-order valence-corrected chi connectivity index (χ4v) is 6.03. The lowest BCUT2D eigenvalue weighted by Gasteiger charge is -2.43. The third-order valence-electron chi connectivity index (χ3n) is 7.37. The third-order valence-corrected chi connectivity index (χ3v) is 7.80. The molecule has 3 atom stereocenters. The zero-order valence-corrected chi connectivity index (χ0v) is 22.0. The van der Waals surface area contributed by atoms with Crippen molar-refractivity contribution in [3.8, 4) is 0 Å². The highest BCUT2D eigenvalue weighted by molar-refractivity contribution is 6.34. The van der Waals surface area contributed by atoms with Crippen LogP contribution in [0.15, 0.2) is 66.7 Å². The van der Waals surface area contributed by atoms with Crippen LogP contribution in [0.25, 0.3) is 0 Å². The van der Waals surface area contributed by atoms with E-state index in [4.69, 9.17) is 27.9 Å². The fraction of sp³-hybridized carbons (Fsp3) is 0.367. The molecule has 5 rings (SSSR count). The van der Waals surface area contributed by atoms with Crippen molar-refractivity contribution in [3.05, 3.63) is 105 Å².